The maximum absolute atomic E-state index is 11.9. The van der Waals surface area contributed by atoms with E-state index < -0.39 is 12.8 Å². The lowest BCUT2D eigenvalue weighted by Gasteiger charge is -2.34. The van der Waals surface area contributed by atoms with Gasteiger partial charge in [0.05, 0.1) is 12.2 Å². The molecule has 0 radical (unpaired) electrons. The maximum atomic E-state index is 11.9. The van der Waals surface area contributed by atoms with E-state index in [4.69, 9.17) is 10.5 Å². The van der Waals surface area contributed by atoms with Gasteiger partial charge in [0, 0.05) is 18.6 Å². The van der Waals surface area contributed by atoms with E-state index in [9.17, 15) is 13.2 Å². The Morgan fingerprint density at radius 1 is 1.35 bits per heavy atom. The van der Waals surface area contributed by atoms with Crippen molar-refractivity contribution in [1.82, 2.24) is 0 Å². The Balaban J connectivity index is 1.77. The standard InChI is InChI=1S/C11H18F3NO2/c12-11(13,14)7-16-4-3-10(6-15)5-8-1-2-9(10)17-8/h8-9H,1-7,15H2. The summed E-state index contributed by atoms with van der Waals surface area (Å²) in [6.07, 6.45) is -0.430. The molecule has 0 aliphatic carbocycles. The highest BCUT2D eigenvalue weighted by Crippen LogP contribution is 2.49. The van der Waals surface area contributed by atoms with E-state index in [1.165, 1.54) is 0 Å². The maximum Gasteiger partial charge on any atom is 0.411 e. The predicted molar refractivity (Wildman–Crippen MR) is 55.5 cm³/mol. The van der Waals surface area contributed by atoms with Gasteiger partial charge in [0.25, 0.3) is 0 Å². The average Bonchev–Trinajstić information content (AvgIpc) is 2.83. The minimum Gasteiger partial charge on any atom is -0.374 e. The fourth-order valence-electron chi connectivity index (χ4n) is 2.93. The highest BCUT2D eigenvalue weighted by atomic mass is 19.4. The smallest absolute Gasteiger partial charge is 0.374 e. The molecule has 0 saturated carbocycles. The molecule has 100 valence electrons. The molecular weight excluding hydrogens is 235 g/mol. The van der Waals surface area contributed by atoms with Crippen LogP contribution in [0.15, 0.2) is 0 Å². The number of fused-ring (bicyclic) bond motifs is 2. The van der Waals surface area contributed by atoms with Gasteiger partial charge in [-0.15, -0.1) is 0 Å². The second kappa shape index (κ2) is 4.74. The molecule has 2 heterocycles. The molecule has 0 aromatic rings. The second-order valence-electron chi connectivity index (χ2n) is 5.01. The van der Waals surface area contributed by atoms with Crippen molar-refractivity contribution in [3.05, 3.63) is 0 Å². The highest BCUT2D eigenvalue weighted by molar-refractivity contribution is 5.01. The summed E-state index contributed by atoms with van der Waals surface area (Å²) in [6.45, 7) is -0.616. The molecule has 2 rings (SSSR count). The van der Waals surface area contributed by atoms with E-state index >= 15 is 0 Å². The molecule has 2 aliphatic heterocycles. The molecule has 3 atom stereocenters. The third-order valence-corrected chi connectivity index (χ3v) is 3.84. The predicted octanol–water partition coefficient (Wildman–Crippen LogP) is 1.85. The average molecular weight is 253 g/mol. The van der Waals surface area contributed by atoms with Crippen LogP contribution in [0.25, 0.3) is 0 Å². The Labute approximate surface area is 98.4 Å². The van der Waals surface area contributed by atoms with Crippen LogP contribution in [0.1, 0.15) is 25.7 Å². The van der Waals surface area contributed by atoms with E-state index in [1.807, 2.05) is 0 Å². The van der Waals surface area contributed by atoms with Gasteiger partial charge < -0.3 is 15.2 Å². The zero-order valence-corrected chi connectivity index (χ0v) is 9.63. The molecule has 2 bridgehead atoms. The molecule has 0 spiro atoms. The lowest BCUT2D eigenvalue weighted by Crippen LogP contribution is -2.40. The van der Waals surface area contributed by atoms with Crippen LogP contribution in [0.3, 0.4) is 0 Å². The zero-order valence-electron chi connectivity index (χ0n) is 9.63. The van der Waals surface area contributed by atoms with E-state index in [0.29, 0.717) is 13.0 Å². The Kier molecular flexibility index (Phi) is 3.66. The van der Waals surface area contributed by atoms with Gasteiger partial charge in [-0.25, -0.2) is 0 Å². The molecule has 6 heteroatoms. The zero-order chi connectivity index (χ0) is 12.5. The second-order valence-corrected chi connectivity index (χ2v) is 5.01. The molecule has 2 aliphatic rings. The monoisotopic (exact) mass is 253 g/mol. The van der Waals surface area contributed by atoms with Crippen LogP contribution in [-0.2, 0) is 9.47 Å². The topological polar surface area (TPSA) is 44.5 Å². The van der Waals surface area contributed by atoms with Gasteiger partial charge in [0.15, 0.2) is 0 Å². The Morgan fingerprint density at radius 2 is 2.12 bits per heavy atom. The quantitative estimate of drug-likeness (QED) is 0.760. The SMILES string of the molecule is NCC1(CCOCC(F)(F)F)CC2CCC1O2. The Morgan fingerprint density at radius 3 is 2.59 bits per heavy atom. The molecule has 2 saturated heterocycles. The van der Waals surface area contributed by atoms with Crippen LogP contribution >= 0.6 is 0 Å². The van der Waals surface area contributed by atoms with E-state index in [1.54, 1.807) is 0 Å². The molecule has 17 heavy (non-hydrogen) atoms. The van der Waals surface area contributed by atoms with E-state index in [2.05, 4.69) is 4.74 Å². The minimum atomic E-state index is -4.25. The molecule has 0 amide bonds. The number of rotatable bonds is 5. The lowest BCUT2D eigenvalue weighted by atomic mass is 9.72. The Hall–Kier alpha value is -0.330. The van der Waals surface area contributed by atoms with Crippen LogP contribution in [0.2, 0.25) is 0 Å². The van der Waals surface area contributed by atoms with E-state index in [-0.39, 0.29) is 24.2 Å². The molecule has 0 aromatic heterocycles. The summed E-state index contributed by atoms with van der Waals surface area (Å²) in [5.74, 6) is 0. The van der Waals surface area contributed by atoms with Crippen LogP contribution < -0.4 is 5.73 Å². The van der Waals surface area contributed by atoms with Gasteiger partial charge in [-0.2, -0.15) is 13.2 Å². The first-order valence-corrected chi connectivity index (χ1v) is 5.95. The first-order chi connectivity index (χ1) is 7.95. The van der Waals surface area contributed by atoms with Crippen molar-refractivity contribution in [3.63, 3.8) is 0 Å². The minimum absolute atomic E-state index is 0.100. The number of halogens is 3. The van der Waals surface area contributed by atoms with Gasteiger partial charge in [-0.05, 0) is 25.7 Å². The van der Waals surface area contributed by atoms with Crippen molar-refractivity contribution >= 4 is 0 Å². The number of ether oxygens (including phenoxy) is 2. The fraction of sp³-hybridized carbons (Fsp3) is 1.00. The van der Waals surface area contributed by atoms with Crippen molar-refractivity contribution in [2.75, 3.05) is 19.8 Å². The van der Waals surface area contributed by atoms with Gasteiger partial charge in [-0.3, -0.25) is 0 Å². The largest absolute Gasteiger partial charge is 0.411 e. The first kappa shape index (κ1) is 13.1. The summed E-state index contributed by atoms with van der Waals surface area (Å²) in [4.78, 5) is 0. The van der Waals surface area contributed by atoms with E-state index in [0.717, 1.165) is 19.3 Å². The summed E-state index contributed by atoms with van der Waals surface area (Å²) in [5, 5.41) is 0. The fourth-order valence-corrected chi connectivity index (χ4v) is 2.93. The van der Waals surface area contributed by atoms with Gasteiger partial charge in [0.2, 0.25) is 0 Å². The van der Waals surface area contributed by atoms with Gasteiger partial charge >= 0.3 is 6.18 Å². The van der Waals surface area contributed by atoms with Crippen molar-refractivity contribution in [3.8, 4) is 0 Å². The number of nitrogens with two attached hydrogens (primary N) is 1. The molecule has 0 aromatic carbocycles. The van der Waals surface area contributed by atoms with Crippen molar-refractivity contribution in [2.45, 2.75) is 44.1 Å². The lowest BCUT2D eigenvalue weighted by molar-refractivity contribution is -0.175. The number of hydrogen-bond acceptors (Lipinski definition) is 3. The van der Waals surface area contributed by atoms with Gasteiger partial charge in [0.1, 0.15) is 6.61 Å². The molecule has 3 unspecified atom stereocenters. The van der Waals surface area contributed by atoms with Crippen LogP contribution in [0, 0.1) is 5.41 Å². The van der Waals surface area contributed by atoms with Crippen molar-refractivity contribution in [2.24, 2.45) is 11.1 Å². The normalized spacial score (nSPS) is 36.7. The molecule has 3 nitrogen and oxygen atoms in total. The summed E-state index contributed by atoms with van der Waals surface area (Å²) in [6, 6.07) is 0. The summed E-state index contributed by atoms with van der Waals surface area (Å²) in [5.41, 5.74) is 5.61. The van der Waals surface area contributed by atoms with Crippen LogP contribution in [-0.4, -0.2) is 38.1 Å². The number of hydrogen-bond donors (Lipinski definition) is 1. The summed E-state index contributed by atoms with van der Waals surface area (Å²) in [7, 11) is 0. The van der Waals surface area contributed by atoms with Crippen molar-refractivity contribution < 1.29 is 22.6 Å². The molecule has 2 N–H and O–H groups in total. The van der Waals surface area contributed by atoms with Gasteiger partial charge in [-0.1, -0.05) is 0 Å². The number of alkyl halides is 3. The molecule has 2 fully saturated rings. The highest BCUT2D eigenvalue weighted by Gasteiger charge is 2.51. The summed E-state index contributed by atoms with van der Waals surface area (Å²) < 4.78 is 46.1. The Bertz CT molecular complexity index is 272. The van der Waals surface area contributed by atoms with Crippen LogP contribution in [0.4, 0.5) is 13.2 Å². The first-order valence-electron chi connectivity index (χ1n) is 5.95. The molecular formula is C11H18F3NO2. The van der Waals surface area contributed by atoms with Crippen molar-refractivity contribution in [1.29, 1.82) is 0 Å². The summed E-state index contributed by atoms with van der Waals surface area (Å²) >= 11 is 0. The van der Waals surface area contributed by atoms with Crippen LogP contribution in [0.5, 0.6) is 0 Å². The third kappa shape index (κ3) is 2.92. The third-order valence-electron chi connectivity index (χ3n) is 3.84.